The Hall–Kier alpha value is -1.84. The van der Waals surface area contributed by atoms with Crippen molar-refractivity contribution in [1.29, 1.82) is 0 Å². The summed E-state index contributed by atoms with van der Waals surface area (Å²) in [6, 6.07) is 2.20. The maximum Gasteiger partial charge on any atom is 0.306 e. The van der Waals surface area contributed by atoms with E-state index < -0.39 is 0 Å². The highest BCUT2D eigenvalue weighted by atomic mass is 16.5. The second-order valence-electron chi connectivity index (χ2n) is 5.42. The van der Waals surface area contributed by atoms with Crippen LogP contribution in [0.1, 0.15) is 40.7 Å². The molecule has 0 unspecified atom stereocenters. The Morgan fingerprint density at radius 1 is 1.05 bits per heavy atom. The van der Waals surface area contributed by atoms with Crippen molar-refractivity contribution < 1.29 is 14.3 Å². The van der Waals surface area contributed by atoms with Crippen LogP contribution in [0.25, 0.3) is 0 Å². The highest BCUT2D eigenvalue weighted by Gasteiger charge is 2.10. The van der Waals surface area contributed by atoms with Crippen molar-refractivity contribution in [3.05, 3.63) is 33.9 Å². The Kier molecular flexibility index (Phi) is 6.40. The maximum atomic E-state index is 11.6. The van der Waals surface area contributed by atoms with Gasteiger partial charge in [0, 0.05) is 13.0 Å². The van der Waals surface area contributed by atoms with Crippen molar-refractivity contribution in [2.24, 2.45) is 0 Å². The Morgan fingerprint density at radius 3 is 2.14 bits per heavy atom. The fourth-order valence-corrected chi connectivity index (χ4v) is 2.41. The average Bonchev–Trinajstić information content (AvgIpc) is 2.46. The molecule has 0 aromatic heterocycles. The van der Waals surface area contributed by atoms with Gasteiger partial charge in [0.2, 0.25) is 5.91 Å². The van der Waals surface area contributed by atoms with Gasteiger partial charge in [-0.15, -0.1) is 0 Å². The van der Waals surface area contributed by atoms with Crippen molar-refractivity contribution >= 4 is 11.9 Å². The molecule has 1 aromatic rings. The summed E-state index contributed by atoms with van der Waals surface area (Å²) in [5.41, 5.74) is 6.46. The number of amides is 1. The lowest BCUT2D eigenvalue weighted by Crippen LogP contribution is -2.26. The monoisotopic (exact) mass is 291 g/mol. The van der Waals surface area contributed by atoms with E-state index in [1.807, 2.05) is 0 Å². The number of rotatable bonds is 6. The minimum Gasteiger partial charge on any atom is -0.469 e. The largest absolute Gasteiger partial charge is 0.469 e. The first kappa shape index (κ1) is 17.2. The van der Waals surface area contributed by atoms with Gasteiger partial charge in [-0.1, -0.05) is 6.07 Å². The predicted octanol–water partition coefficient (Wildman–Crippen LogP) is 2.53. The minimum atomic E-state index is -0.355. The van der Waals surface area contributed by atoms with Crippen molar-refractivity contribution in [2.45, 2.75) is 47.0 Å². The molecule has 0 spiro atoms. The van der Waals surface area contributed by atoms with Crippen molar-refractivity contribution in [1.82, 2.24) is 5.32 Å². The zero-order valence-corrected chi connectivity index (χ0v) is 13.6. The molecule has 0 radical (unpaired) electrons. The maximum absolute atomic E-state index is 11.6. The molecule has 0 aliphatic rings. The quantitative estimate of drug-likeness (QED) is 0.819. The molecule has 0 bridgehead atoms. The standard InChI is InChI=1S/C17H25NO3/c1-11-10-12(2)14(4)15(13(11)3)8-9-18-16(19)6-7-17(20)21-5/h10H,6-9H2,1-5H3,(H,18,19). The van der Waals surface area contributed by atoms with Gasteiger partial charge in [-0.2, -0.15) is 0 Å². The van der Waals surface area contributed by atoms with Crippen molar-refractivity contribution in [3.8, 4) is 0 Å². The van der Waals surface area contributed by atoms with E-state index in [2.05, 4.69) is 43.8 Å². The van der Waals surface area contributed by atoms with Gasteiger partial charge >= 0.3 is 5.97 Å². The summed E-state index contributed by atoms with van der Waals surface area (Å²) in [7, 11) is 1.33. The van der Waals surface area contributed by atoms with Crippen LogP contribution >= 0.6 is 0 Å². The van der Waals surface area contributed by atoms with Crippen molar-refractivity contribution in [2.75, 3.05) is 13.7 Å². The van der Waals surface area contributed by atoms with Gasteiger partial charge in [-0.05, 0) is 61.9 Å². The smallest absolute Gasteiger partial charge is 0.306 e. The summed E-state index contributed by atoms with van der Waals surface area (Å²) in [5, 5.41) is 2.86. The molecule has 1 rings (SSSR count). The molecule has 0 fully saturated rings. The molecule has 21 heavy (non-hydrogen) atoms. The molecule has 1 amide bonds. The SMILES string of the molecule is COC(=O)CCC(=O)NCCc1c(C)c(C)cc(C)c1C. The number of hydrogen-bond acceptors (Lipinski definition) is 3. The topological polar surface area (TPSA) is 55.4 Å². The minimum absolute atomic E-state index is 0.111. The molecule has 116 valence electrons. The third-order valence-electron chi connectivity index (χ3n) is 4.00. The number of nitrogens with one attached hydrogen (secondary N) is 1. The number of carbonyl (C=O) groups excluding carboxylic acids is 2. The van der Waals surface area contributed by atoms with E-state index in [4.69, 9.17) is 0 Å². The highest BCUT2D eigenvalue weighted by Crippen LogP contribution is 2.21. The fourth-order valence-electron chi connectivity index (χ4n) is 2.41. The molecule has 1 N–H and O–H groups in total. The van der Waals surface area contributed by atoms with Crippen LogP contribution in [-0.4, -0.2) is 25.5 Å². The molecule has 0 atom stereocenters. The van der Waals surface area contributed by atoms with Gasteiger partial charge < -0.3 is 10.1 Å². The lowest BCUT2D eigenvalue weighted by atomic mass is 9.92. The Balaban J connectivity index is 2.53. The summed E-state index contributed by atoms with van der Waals surface area (Å²) in [6.07, 6.45) is 1.12. The third-order valence-corrected chi connectivity index (χ3v) is 4.00. The Labute approximate surface area is 126 Å². The Bertz CT molecular complexity index is 509. The van der Waals surface area contributed by atoms with E-state index in [1.54, 1.807) is 0 Å². The first-order valence-corrected chi connectivity index (χ1v) is 7.26. The highest BCUT2D eigenvalue weighted by molar-refractivity contribution is 5.81. The van der Waals surface area contributed by atoms with Gasteiger partial charge in [0.15, 0.2) is 0 Å². The summed E-state index contributed by atoms with van der Waals surface area (Å²) in [4.78, 5) is 22.6. The van der Waals surface area contributed by atoms with Gasteiger partial charge in [0.1, 0.15) is 0 Å². The summed E-state index contributed by atoms with van der Waals surface area (Å²) in [5.74, 6) is -0.466. The van der Waals surface area contributed by atoms with E-state index >= 15 is 0 Å². The Morgan fingerprint density at radius 2 is 1.62 bits per heavy atom. The van der Waals surface area contributed by atoms with E-state index in [0.29, 0.717) is 6.54 Å². The van der Waals surface area contributed by atoms with Crippen LogP contribution in [0.3, 0.4) is 0 Å². The van der Waals surface area contributed by atoms with E-state index in [0.717, 1.165) is 6.42 Å². The summed E-state index contributed by atoms with van der Waals surface area (Å²) < 4.78 is 4.51. The van der Waals surface area contributed by atoms with Crippen LogP contribution in [0.4, 0.5) is 0 Å². The lowest BCUT2D eigenvalue weighted by molar-refractivity contribution is -0.142. The van der Waals surface area contributed by atoms with Crippen LogP contribution in [0.2, 0.25) is 0 Å². The summed E-state index contributed by atoms with van der Waals surface area (Å²) in [6.45, 7) is 9.05. The molecular formula is C17H25NO3. The zero-order chi connectivity index (χ0) is 16.0. The van der Waals surface area contributed by atoms with E-state index in [9.17, 15) is 9.59 Å². The van der Waals surface area contributed by atoms with Gasteiger partial charge in [0.25, 0.3) is 0 Å². The number of hydrogen-bond donors (Lipinski definition) is 1. The number of methoxy groups -OCH3 is 1. The second kappa shape index (κ2) is 7.81. The third kappa shape index (κ3) is 4.88. The number of benzene rings is 1. The van der Waals surface area contributed by atoms with Crippen LogP contribution in [0, 0.1) is 27.7 Å². The molecule has 4 nitrogen and oxygen atoms in total. The number of carbonyl (C=O) groups is 2. The van der Waals surface area contributed by atoms with Gasteiger partial charge in [-0.3, -0.25) is 9.59 Å². The van der Waals surface area contributed by atoms with E-state index in [1.165, 1.54) is 34.9 Å². The first-order chi connectivity index (χ1) is 9.86. The number of aryl methyl sites for hydroxylation is 2. The molecule has 0 aliphatic heterocycles. The average molecular weight is 291 g/mol. The normalized spacial score (nSPS) is 10.3. The zero-order valence-electron chi connectivity index (χ0n) is 13.6. The van der Waals surface area contributed by atoms with Gasteiger partial charge in [0.05, 0.1) is 13.5 Å². The van der Waals surface area contributed by atoms with Crippen LogP contribution in [-0.2, 0) is 20.7 Å². The summed E-state index contributed by atoms with van der Waals surface area (Å²) >= 11 is 0. The van der Waals surface area contributed by atoms with Crippen LogP contribution in [0.5, 0.6) is 0 Å². The molecule has 1 aromatic carbocycles. The molecule has 0 heterocycles. The molecule has 0 saturated carbocycles. The van der Waals surface area contributed by atoms with Gasteiger partial charge in [-0.25, -0.2) is 0 Å². The molecule has 0 saturated heterocycles. The first-order valence-electron chi connectivity index (χ1n) is 7.26. The molecule has 0 aliphatic carbocycles. The fraction of sp³-hybridized carbons (Fsp3) is 0.529. The van der Waals surface area contributed by atoms with Crippen molar-refractivity contribution in [3.63, 3.8) is 0 Å². The lowest BCUT2D eigenvalue weighted by Gasteiger charge is -2.15. The molecular weight excluding hydrogens is 266 g/mol. The predicted molar refractivity (Wildman–Crippen MR) is 83.4 cm³/mol. The number of ether oxygens (including phenoxy) is 1. The molecule has 4 heteroatoms. The van der Waals surface area contributed by atoms with Crippen LogP contribution in [0.15, 0.2) is 6.07 Å². The van der Waals surface area contributed by atoms with E-state index in [-0.39, 0.29) is 24.7 Å². The second-order valence-corrected chi connectivity index (χ2v) is 5.42. The van der Waals surface area contributed by atoms with Crippen LogP contribution < -0.4 is 5.32 Å². The number of esters is 1.